The first kappa shape index (κ1) is 86.1. The number of rotatable bonds is 66. The molecule has 0 spiro atoms. The van der Waals surface area contributed by atoms with Gasteiger partial charge in [0.05, 0.1) is 26.4 Å². The minimum atomic E-state index is -4.95. The molecule has 19 heteroatoms. The van der Waals surface area contributed by atoms with E-state index in [0.29, 0.717) is 37.5 Å². The predicted molar refractivity (Wildman–Crippen MR) is 354 cm³/mol. The number of phosphoric acid groups is 2. The van der Waals surface area contributed by atoms with Gasteiger partial charge in [0.2, 0.25) is 0 Å². The molecular weight excluding hydrogens is 1160 g/mol. The number of unbranched alkanes of at least 4 members (excludes halogenated alkanes) is 32. The summed E-state index contributed by atoms with van der Waals surface area (Å²) in [6, 6.07) is 0. The van der Waals surface area contributed by atoms with Crippen molar-refractivity contribution >= 4 is 39.5 Å². The van der Waals surface area contributed by atoms with Gasteiger partial charge in [0.1, 0.15) is 19.3 Å². The summed E-state index contributed by atoms with van der Waals surface area (Å²) in [5, 5.41) is 10.6. The van der Waals surface area contributed by atoms with Gasteiger partial charge < -0.3 is 33.8 Å². The Balaban J connectivity index is 5.19. The van der Waals surface area contributed by atoms with Gasteiger partial charge in [-0.1, -0.05) is 287 Å². The van der Waals surface area contributed by atoms with Crippen LogP contribution in [0.5, 0.6) is 0 Å². The largest absolute Gasteiger partial charge is 0.472 e. The molecule has 0 bridgehead atoms. The van der Waals surface area contributed by atoms with E-state index in [4.69, 9.17) is 37.0 Å². The molecule has 0 aliphatic rings. The van der Waals surface area contributed by atoms with Crippen molar-refractivity contribution in [2.75, 3.05) is 39.6 Å². The van der Waals surface area contributed by atoms with Gasteiger partial charge in [0, 0.05) is 25.7 Å². The first-order valence-electron chi connectivity index (χ1n) is 35.7. The van der Waals surface area contributed by atoms with Crippen molar-refractivity contribution < 1.29 is 80.2 Å². The quantitative estimate of drug-likeness (QED) is 0.0222. The highest BCUT2D eigenvalue weighted by molar-refractivity contribution is 7.47. The number of hydrogen-bond acceptors (Lipinski definition) is 15. The molecule has 0 heterocycles. The smallest absolute Gasteiger partial charge is 0.462 e. The van der Waals surface area contributed by atoms with Gasteiger partial charge in [-0.05, 0) is 49.4 Å². The highest BCUT2D eigenvalue weighted by Crippen LogP contribution is 2.45. The average molecular weight is 1300 g/mol. The molecule has 0 saturated carbocycles. The van der Waals surface area contributed by atoms with E-state index in [-0.39, 0.29) is 25.7 Å². The lowest BCUT2D eigenvalue weighted by molar-refractivity contribution is -0.161. The minimum Gasteiger partial charge on any atom is -0.462 e. The Kier molecular flexibility index (Phi) is 57.6. The third-order valence-electron chi connectivity index (χ3n) is 15.8. The molecule has 0 fully saturated rings. The zero-order valence-electron chi connectivity index (χ0n) is 57.3. The zero-order chi connectivity index (χ0) is 65.4. The summed E-state index contributed by atoms with van der Waals surface area (Å²) < 4.78 is 68.1. The Hall–Kier alpha value is -1.94. The Morgan fingerprint density at radius 1 is 0.284 bits per heavy atom. The summed E-state index contributed by atoms with van der Waals surface area (Å²) in [5.74, 6) is 0.754. The van der Waals surface area contributed by atoms with Crippen LogP contribution in [-0.4, -0.2) is 96.7 Å². The van der Waals surface area contributed by atoms with Crippen molar-refractivity contribution in [1.29, 1.82) is 0 Å². The lowest BCUT2D eigenvalue weighted by Gasteiger charge is -2.21. The molecule has 2 unspecified atom stereocenters. The number of hydrogen-bond donors (Lipinski definition) is 3. The van der Waals surface area contributed by atoms with Crippen LogP contribution in [0.2, 0.25) is 0 Å². The molecule has 17 nitrogen and oxygen atoms in total. The van der Waals surface area contributed by atoms with Crippen molar-refractivity contribution in [3.8, 4) is 0 Å². The minimum absolute atomic E-state index is 0.101. The highest BCUT2D eigenvalue weighted by atomic mass is 31.2. The van der Waals surface area contributed by atoms with Crippen LogP contribution in [0.25, 0.3) is 0 Å². The lowest BCUT2D eigenvalue weighted by Crippen LogP contribution is -2.30. The number of ether oxygens (including phenoxy) is 4. The van der Waals surface area contributed by atoms with Crippen molar-refractivity contribution in [2.45, 2.75) is 356 Å². The molecule has 0 aliphatic carbocycles. The second-order valence-electron chi connectivity index (χ2n) is 26.8. The molecule has 0 radical (unpaired) electrons. The lowest BCUT2D eigenvalue weighted by atomic mass is 10.0. The molecule has 5 atom stereocenters. The van der Waals surface area contributed by atoms with Gasteiger partial charge >= 0.3 is 39.5 Å². The van der Waals surface area contributed by atoms with Crippen molar-refractivity contribution in [2.24, 2.45) is 23.7 Å². The Morgan fingerprint density at radius 2 is 0.477 bits per heavy atom. The number of phosphoric ester groups is 2. The van der Waals surface area contributed by atoms with Crippen LogP contribution >= 0.6 is 15.6 Å². The summed E-state index contributed by atoms with van der Waals surface area (Å²) in [7, 11) is -9.90. The molecule has 0 rings (SSSR count). The fourth-order valence-electron chi connectivity index (χ4n) is 10.3. The predicted octanol–water partition coefficient (Wildman–Crippen LogP) is 19.3. The molecule has 0 saturated heterocycles. The van der Waals surface area contributed by atoms with E-state index in [1.165, 1.54) is 135 Å². The summed E-state index contributed by atoms with van der Waals surface area (Å²) >= 11 is 0. The molecule has 0 amide bonds. The van der Waals surface area contributed by atoms with E-state index in [0.717, 1.165) is 108 Å². The number of aliphatic hydroxyl groups is 1. The molecule has 0 aromatic heterocycles. The SMILES string of the molecule is CC(C)CCCCCCCCCCCCCCCCCC(=O)OC[C@H](COP(=O)(O)OC[C@@H](O)COP(=O)(O)OC[C@@H](COC(=O)CCCCCCCCC(C)C)OC(=O)CCCCCCCCC(C)C)OC(=O)CCCCCCCCCCCC(C)C. The normalized spacial score (nSPS) is 14.3. The first-order valence-corrected chi connectivity index (χ1v) is 38.7. The Labute approximate surface area is 537 Å². The molecule has 0 aromatic carbocycles. The van der Waals surface area contributed by atoms with Crippen LogP contribution in [0.4, 0.5) is 0 Å². The topological polar surface area (TPSA) is 237 Å². The van der Waals surface area contributed by atoms with Crippen LogP contribution < -0.4 is 0 Å². The fraction of sp³-hybridized carbons (Fsp3) is 0.942. The van der Waals surface area contributed by atoms with E-state index in [1.54, 1.807) is 0 Å². The van der Waals surface area contributed by atoms with E-state index in [2.05, 4.69) is 55.4 Å². The van der Waals surface area contributed by atoms with Crippen LogP contribution in [-0.2, 0) is 65.4 Å². The standard InChI is InChI=1S/C69H134O17P2/c1-59(2)45-37-29-21-17-14-12-10-9-11-13-15-19-23-33-41-49-66(71)79-55-64(85-68(73)51-43-35-24-20-16-18-22-30-38-46-60(3)4)57-83-87(75,76)81-53-63(70)54-82-88(77,78)84-58-65(86-69(74)52-44-36-28-26-32-40-48-62(7)8)56-80-67(72)50-42-34-27-25-31-39-47-61(5)6/h59-65,70H,9-58H2,1-8H3,(H,75,76)(H,77,78)/t63-,64-,65-/m1/s1. The van der Waals surface area contributed by atoms with E-state index < -0.39 is 97.5 Å². The van der Waals surface area contributed by atoms with Crippen LogP contribution in [0.15, 0.2) is 0 Å². The fourth-order valence-corrected chi connectivity index (χ4v) is 11.9. The third-order valence-corrected chi connectivity index (χ3v) is 17.7. The molecule has 3 N–H and O–H groups in total. The molecule has 0 aromatic rings. The van der Waals surface area contributed by atoms with Crippen LogP contribution in [0.3, 0.4) is 0 Å². The van der Waals surface area contributed by atoms with Gasteiger partial charge in [-0.25, -0.2) is 9.13 Å². The van der Waals surface area contributed by atoms with E-state index in [9.17, 15) is 43.2 Å². The zero-order valence-corrected chi connectivity index (χ0v) is 59.1. The highest BCUT2D eigenvalue weighted by Gasteiger charge is 2.30. The van der Waals surface area contributed by atoms with Gasteiger partial charge in [0.15, 0.2) is 12.2 Å². The summed E-state index contributed by atoms with van der Waals surface area (Å²) in [6.45, 7) is 14.0. The second-order valence-corrected chi connectivity index (χ2v) is 29.7. The van der Waals surface area contributed by atoms with Gasteiger partial charge in [0.25, 0.3) is 0 Å². The molecule has 0 aliphatic heterocycles. The van der Waals surface area contributed by atoms with Crippen LogP contribution in [0.1, 0.15) is 338 Å². The van der Waals surface area contributed by atoms with Crippen molar-refractivity contribution in [1.82, 2.24) is 0 Å². The maximum atomic E-state index is 13.0. The first-order chi connectivity index (χ1) is 42.1. The summed E-state index contributed by atoms with van der Waals surface area (Å²) in [5.41, 5.74) is 0. The average Bonchev–Trinajstić information content (AvgIpc) is 3.65. The van der Waals surface area contributed by atoms with Crippen LogP contribution in [0, 0.1) is 23.7 Å². The number of esters is 4. The van der Waals surface area contributed by atoms with E-state index in [1.807, 2.05) is 0 Å². The number of carbonyl (C=O) groups is 4. The van der Waals surface area contributed by atoms with Gasteiger partial charge in [-0.15, -0.1) is 0 Å². The van der Waals surface area contributed by atoms with Gasteiger partial charge in [-0.2, -0.15) is 0 Å². The molecular formula is C69H134O17P2. The second kappa shape index (κ2) is 58.8. The van der Waals surface area contributed by atoms with E-state index >= 15 is 0 Å². The molecule has 88 heavy (non-hydrogen) atoms. The Bertz CT molecular complexity index is 1750. The number of carbonyl (C=O) groups excluding carboxylic acids is 4. The Morgan fingerprint density at radius 3 is 0.705 bits per heavy atom. The van der Waals surface area contributed by atoms with Gasteiger partial charge in [-0.3, -0.25) is 37.3 Å². The summed E-state index contributed by atoms with van der Waals surface area (Å²) in [6.07, 6.45) is 40.7. The van der Waals surface area contributed by atoms with Crippen molar-refractivity contribution in [3.05, 3.63) is 0 Å². The molecule has 522 valence electrons. The summed E-state index contributed by atoms with van der Waals surface area (Å²) in [4.78, 5) is 72.4. The van der Waals surface area contributed by atoms with Crippen molar-refractivity contribution in [3.63, 3.8) is 0 Å². The maximum Gasteiger partial charge on any atom is 0.472 e. The number of aliphatic hydroxyl groups excluding tert-OH is 1. The third kappa shape index (κ3) is 62.8. The monoisotopic (exact) mass is 1300 g/mol. The maximum absolute atomic E-state index is 13.0.